The van der Waals surface area contributed by atoms with Gasteiger partial charge in [-0.2, -0.15) is 0 Å². The molecule has 1 aliphatic carbocycles. The highest BCUT2D eigenvalue weighted by atomic mass is 16.5. The van der Waals surface area contributed by atoms with Crippen molar-refractivity contribution in [3.8, 4) is 0 Å². The van der Waals surface area contributed by atoms with Crippen molar-refractivity contribution in [2.24, 2.45) is 5.92 Å². The largest absolute Gasteiger partial charge is 0.467 e. The van der Waals surface area contributed by atoms with E-state index in [1.165, 1.54) is 12.7 Å². The second-order valence-electron chi connectivity index (χ2n) is 5.26. The van der Waals surface area contributed by atoms with E-state index in [2.05, 4.69) is 31.3 Å². The van der Waals surface area contributed by atoms with E-state index in [0.29, 0.717) is 11.8 Å². The lowest BCUT2D eigenvalue weighted by atomic mass is 10.0. The molecule has 1 N–H and O–H groups in total. The number of ether oxygens (including phenoxy) is 1. The van der Waals surface area contributed by atoms with E-state index in [9.17, 15) is 4.79 Å². The Balaban J connectivity index is 2.11. The van der Waals surface area contributed by atoms with Crippen LogP contribution in [0.2, 0.25) is 0 Å². The number of carbonyl (C=O) groups excluding carboxylic acids is 1. The van der Waals surface area contributed by atoms with Gasteiger partial charge in [0.1, 0.15) is 6.04 Å². The van der Waals surface area contributed by atoms with Crippen LogP contribution in [0.15, 0.2) is 24.3 Å². The van der Waals surface area contributed by atoms with Gasteiger partial charge in [-0.1, -0.05) is 26.0 Å². The lowest BCUT2D eigenvalue weighted by Crippen LogP contribution is -2.32. The van der Waals surface area contributed by atoms with Crippen LogP contribution in [0.25, 0.3) is 0 Å². The van der Waals surface area contributed by atoms with Crippen LogP contribution in [0.1, 0.15) is 38.2 Å². The molecule has 3 nitrogen and oxygen atoms in total. The second-order valence-corrected chi connectivity index (χ2v) is 5.26. The Morgan fingerprint density at radius 3 is 2.67 bits per heavy atom. The van der Waals surface area contributed by atoms with Crippen LogP contribution in [0.3, 0.4) is 0 Å². The van der Waals surface area contributed by atoms with Gasteiger partial charge in [0.05, 0.1) is 7.11 Å². The van der Waals surface area contributed by atoms with Crippen LogP contribution in [-0.4, -0.2) is 19.1 Å². The highest BCUT2D eigenvalue weighted by Gasteiger charge is 2.36. The number of nitrogens with one attached hydrogen (secondary N) is 1. The molecule has 2 rings (SSSR count). The maximum Gasteiger partial charge on any atom is 0.328 e. The summed E-state index contributed by atoms with van der Waals surface area (Å²) in [5.74, 6) is 0.761. The third-order valence-electron chi connectivity index (χ3n) is 3.42. The van der Waals surface area contributed by atoms with Crippen molar-refractivity contribution in [1.29, 1.82) is 0 Å². The lowest BCUT2D eigenvalue weighted by Gasteiger charge is -2.18. The third-order valence-corrected chi connectivity index (χ3v) is 3.42. The summed E-state index contributed by atoms with van der Waals surface area (Å²) >= 11 is 0. The van der Waals surface area contributed by atoms with Crippen molar-refractivity contribution in [2.45, 2.75) is 38.6 Å². The van der Waals surface area contributed by atoms with Crippen molar-refractivity contribution < 1.29 is 9.53 Å². The molecule has 0 heterocycles. The van der Waals surface area contributed by atoms with Crippen molar-refractivity contribution in [3.63, 3.8) is 0 Å². The summed E-state index contributed by atoms with van der Waals surface area (Å²) in [7, 11) is 1.45. The maximum absolute atomic E-state index is 11.7. The highest BCUT2D eigenvalue weighted by Crippen LogP contribution is 2.35. The average molecular weight is 247 g/mol. The fraction of sp³-hybridized carbons (Fsp3) is 0.533. The average Bonchev–Trinajstić information content (AvgIpc) is 3.19. The first-order chi connectivity index (χ1) is 8.61. The number of hydrogen-bond acceptors (Lipinski definition) is 3. The zero-order valence-corrected chi connectivity index (χ0v) is 11.3. The minimum Gasteiger partial charge on any atom is -0.467 e. The number of rotatable bonds is 5. The Morgan fingerprint density at radius 1 is 1.39 bits per heavy atom. The van der Waals surface area contributed by atoms with Crippen molar-refractivity contribution in [1.82, 2.24) is 0 Å². The molecular weight excluding hydrogens is 226 g/mol. The van der Waals surface area contributed by atoms with Gasteiger partial charge in [-0.3, -0.25) is 0 Å². The minimum atomic E-state index is -0.197. The zero-order valence-electron chi connectivity index (χ0n) is 11.3. The molecule has 98 valence electrons. The second kappa shape index (κ2) is 5.42. The summed E-state index contributed by atoms with van der Waals surface area (Å²) in [5.41, 5.74) is 2.28. The van der Waals surface area contributed by atoms with E-state index in [1.54, 1.807) is 0 Å². The highest BCUT2D eigenvalue weighted by molar-refractivity contribution is 5.80. The van der Waals surface area contributed by atoms with E-state index in [4.69, 9.17) is 4.74 Å². The standard InChI is InChI=1S/C15H21NO2/c1-10(2)12-5-4-6-13(9-12)16-14(11-7-8-11)15(17)18-3/h4-6,9-11,14,16H,7-8H2,1-3H3. The number of benzene rings is 1. The van der Waals surface area contributed by atoms with E-state index < -0.39 is 0 Å². The topological polar surface area (TPSA) is 38.3 Å². The van der Waals surface area contributed by atoms with Crippen LogP contribution < -0.4 is 5.32 Å². The number of carbonyl (C=O) groups is 1. The fourth-order valence-corrected chi connectivity index (χ4v) is 2.09. The molecule has 3 heteroatoms. The minimum absolute atomic E-state index is 0.160. The first-order valence-corrected chi connectivity index (χ1v) is 6.56. The predicted molar refractivity (Wildman–Crippen MR) is 72.7 cm³/mol. The van der Waals surface area contributed by atoms with Crippen LogP contribution in [-0.2, 0) is 9.53 Å². The van der Waals surface area contributed by atoms with Gasteiger partial charge in [-0.25, -0.2) is 4.79 Å². The van der Waals surface area contributed by atoms with Gasteiger partial charge in [0.25, 0.3) is 0 Å². The van der Waals surface area contributed by atoms with Gasteiger partial charge in [0.15, 0.2) is 0 Å². The molecular formula is C15H21NO2. The molecule has 0 aliphatic heterocycles. The summed E-state index contributed by atoms with van der Waals surface area (Å²) in [6.45, 7) is 4.33. The third kappa shape index (κ3) is 3.03. The molecule has 0 spiro atoms. The molecule has 1 aliphatic rings. The van der Waals surface area contributed by atoms with E-state index in [1.807, 2.05) is 12.1 Å². The number of hydrogen-bond donors (Lipinski definition) is 1. The Bertz CT molecular complexity index is 424. The Kier molecular flexibility index (Phi) is 3.90. The molecule has 1 aromatic carbocycles. The smallest absolute Gasteiger partial charge is 0.328 e. The van der Waals surface area contributed by atoms with E-state index >= 15 is 0 Å². The molecule has 1 saturated carbocycles. The van der Waals surface area contributed by atoms with Gasteiger partial charge in [0.2, 0.25) is 0 Å². The Morgan fingerprint density at radius 2 is 2.11 bits per heavy atom. The first kappa shape index (κ1) is 12.9. The normalized spacial score (nSPS) is 16.4. The van der Waals surface area contributed by atoms with E-state index in [-0.39, 0.29) is 12.0 Å². The number of methoxy groups -OCH3 is 1. The SMILES string of the molecule is COC(=O)C(Nc1cccc(C(C)C)c1)C1CC1. The van der Waals surface area contributed by atoms with Gasteiger partial charge < -0.3 is 10.1 Å². The van der Waals surface area contributed by atoms with Crippen LogP contribution in [0, 0.1) is 5.92 Å². The summed E-state index contributed by atoms with van der Waals surface area (Å²) in [6.07, 6.45) is 2.22. The fourth-order valence-electron chi connectivity index (χ4n) is 2.09. The molecule has 1 aromatic rings. The Hall–Kier alpha value is -1.51. The number of esters is 1. The van der Waals surface area contributed by atoms with Crippen LogP contribution in [0.4, 0.5) is 5.69 Å². The van der Waals surface area contributed by atoms with Crippen molar-refractivity contribution in [3.05, 3.63) is 29.8 Å². The zero-order chi connectivity index (χ0) is 13.1. The quantitative estimate of drug-likeness (QED) is 0.812. The van der Waals surface area contributed by atoms with Gasteiger partial charge in [0, 0.05) is 5.69 Å². The first-order valence-electron chi connectivity index (χ1n) is 6.56. The van der Waals surface area contributed by atoms with Gasteiger partial charge in [-0.05, 0) is 42.4 Å². The molecule has 0 bridgehead atoms. The summed E-state index contributed by atoms with van der Waals surface area (Å²) in [4.78, 5) is 11.7. The molecule has 1 atom stereocenters. The molecule has 18 heavy (non-hydrogen) atoms. The molecule has 0 amide bonds. The summed E-state index contributed by atoms with van der Waals surface area (Å²) in [6, 6.07) is 8.06. The van der Waals surface area contributed by atoms with Crippen LogP contribution >= 0.6 is 0 Å². The molecule has 1 unspecified atom stereocenters. The molecule has 0 aromatic heterocycles. The molecule has 0 saturated heterocycles. The summed E-state index contributed by atoms with van der Waals surface area (Å²) < 4.78 is 4.86. The maximum atomic E-state index is 11.7. The van der Waals surface area contributed by atoms with Crippen molar-refractivity contribution in [2.75, 3.05) is 12.4 Å². The van der Waals surface area contributed by atoms with Gasteiger partial charge >= 0.3 is 5.97 Å². The van der Waals surface area contributed by atoms with Gasteiger partial charge in [-0.15, -0.1) is 0 Å². The lowest BCUT2D eigenvalue weighted by molar-refractivity contribution is -0.142. The van der Waals surface area contributed by atoms with Crippen molar-refractivity contribution >= 4 is 11.7 Å². The summed E-state index contributed by atoms with van der Waals surface area (Å²) in [5, 5.41) is 3.31. The monoisotopic (exact) mass is 247 g/mol. The number of anilines is 1. The molecule has 0 radical (unpaired) electrons. The Labute approximate surface area is 109 Å². The predicted octanol–water partition coefficient (Wildman–Crippen LogP) is 3.17. The molecule has 1 fully saturated rings. The van der Waals surface area contributed by atoms with E-state index in [0.717, 1.165) is 18.5 Å². The van der Waals surface area contributed by atoms with Crippen LogP contribution in [0.5, 0.6) is 0 Å².